The summed E-state index contributed by atoms with van der Waals surface area (Å²) < 4.78 is 1.94. The quantitative estimate of drug-likeness (QED) is 0.680. The predicted octanol–water partition coefficient (Wildman–Crippen LogP) is 5.04. The Balaban J connectivity index is 1.95. The molecule has 0 bridgehead atoms. The van der Waals surface area contributed by atoms with E-state index in [1.54, 1.807) is 18.2 Å². The van der Waals surface area contributed by atoms with Crippen LogP contribution in [0.2, 0.25) is 10.0 Å². The lowest BCUT2D eigenvalue weighted by Gasteiger charge is -2.19. The van der Waals surface area contributed by atoms with Crippen LogP contribution in [-0.4, -0.2) is 25.8 Å². The molecule has 0 aliphatic heterocycles. The minimum atomic E-state index is -0.0416. The Kier molecular flexibility index (Phi) is 5.64. The van der Waals surface area contributed by atoms with Crippen LogP contribution in [-0.2, 0) is 11.3 Å². The molecular formula is C17H17Cl2N3OS. The Morgan fingerprint density at radius 3 is 2.88 bits per heavy atom. The van der Waals surface area contributed by atoms with Gasteiger partial charge in [-0.05, 0) is 31.0 Å². The second-order valence-corrected chi connectivity index (χ2v) is 7.66. The maximum atomic E-state index is 12.1. The molecule has 3 rings (SSSR count). The zero-order valence-corrected chi connectivity index (χ0v) is 15.4. The first-order valence-corrected chi connectivity index (χ1v) is 9.42. The van der Waals surface area contributed by atoms with Crippen LogP contribution in [0, 0.1) is 0 Å². The number of halogens is 2. The molecule has 7 heteroatoms. The van der Waals surface area contributed by atoms with Crippen molar-refractivity contribution >= 4 is 40.7 Å². The first kappa shape index (κ1) is 17.5. The van der Waals surface area contributed by atoms with Gasteiger partial charge in [0, 0.05) is 23.6 Å². The van der Waals surface area contributed by atoms with E-state index in [2.05, 4.69) is 16.8 Å². The minimum Gasteiger partial charge on any atom is -0.298 e. The predicted molar refractivity (Wildman–Crippen MR) is 98.8 cm³/mol. The summed E-state index contributed by atoms with van der Waals surface area (Å²) in [4.78, 5) is 12.1. The fourth-order valence-electron chi connectivity index (χ4n) is 2.74. The van der Waals surface area contributed by atoms with Gasteiger partial charge in [0.1, 0.15) is 5.78 Å². The molecule has 0 radical (unpaired) electrons. The summed E-state index contributed by atoms with van der Waals surface area (Å²) in [5, 5.41) is 10.3. The van der Waals surface area contributed by atoms with E-state index in [4.69, 9.17) is 23.2 Å². The number of carbonyl (C=O) groups is 1. The number of carbonyl (C=O) groups excluding carboxylic acids is 1. The van der Waals surface area contributed by atoms with Gasteiger partial charge >= 0.3 is 0 Å². The molecule has 1 atom stereocenters. The lowest BCUT2D eigenvalue weighted by Crippen LogP contribution is -2.21. The van der Waals surface area contributed by atoms with Crippen molar-refractivity contribution in [2.24, 2.45) is 0 Å². The van der Waals surface area contributed by atoms with Crippen molar-refractivity contribution in [2.75, 3.05) is 0 Å². The molecular weight excluding hydrogens is 365 g/mol. The summed E-state index contributed by atoms with van der Waals surface area (Å²) in [6.45, 7) is 4.35. The van der Waals surface area contributed by atoms with Crippen LogP contribution in [0.4, 0.5) is 0 Å². The van der Waals surface area contributed by atoms with Gasteiger partial charge in [0.05, 0.1) is 10.3 Å². The number of benzene rings is 1. The first-order valence-electron chi connectivity index (χ1n) is 7.79. The Morgan fingerprint density at radius 1 is 1.33 bits per heavy atom. The van der Waals surface area contributed by atoms with E-state index in [-0.39, 0.29) is 5.25 Å². The summed E-state index contributed by atoms with van der Waals surface area (Å²) in [7, 11) is 0. The second kappa shape index (κ2) is 7.72. The highest BCUT2D eigenvalue weighted by Crippen LogP contribution is 2.35. The molecule has 0 saturated heterocycles. The van der Waals surface area contributed by atoms with Crippen LogP contribution in [0.5, 0.6) is 0 Å². The summed E-state index contributed by atoms with van der Waals surface area (Å²) in [6, 6.07) is 5.28. The zero-order valence-electron chi connectivity index (χ0n) is 13.0. The van der Waals surface area contributed by atoms with E-state index < -0.39 is 0 Å². The van der Waals surface area contributed by atoms with Gasteiger partial charge in [-0.2, -0.15) is 0 Å². The maximum absolute atomic E-state index is 12.1. The fourth-order valence-corrected chi connectivity index (χ4v) is 4.40. The van der Waals surface area contributed by atoms with Gasteiger partial charge in [0.2, 0.25) is 0 Å². The minimum absolute atomic E-state index is 0.0416. The molecule has 0 N–H and O–H groups in total. The van der Waals surface area contributed by atoms with E-state index in [0.29, 0.717) is 34.6 Å². The molecule has 0 amide bonds. The highest BCUT2D eigenvalue weighted by Gasteiger charge is 2.26. The van der Waals surface area contributed by atoms with Crippen LogP contribution in [0.1, 0.15) is 25.7 Å². The van der Waals surface area contributed by atoms with E-state index in [9.17, 15) is 4.79 Å². The third kappa shape index (κ3) is 3.68. The molecule has 1 aliphatic rings. The maximum Gasteiger partial charge on any atom is 0.192 e. The first-order chi connectivity index (χ1) is 11.6. The van der Waals surface area contributed by atoms with Crippen molar-refractivity contribution in [3.63, 3.8) is 0 Å². The Bertz CT molecular complexity index is 775. The average Bonchev–Trinajstić information content (AvgIpc) is 2.93. The number of allylic oxidation sites excluding steroid dienone is 1. The molecule has 0 spiro atoms. The Labute approximate surface area is 155 Å². The van der Waals surface area contributed by atoms with Gasteiger partial charge in [0.15, 0.2) is 11.0 Å². The number of ketones is 1. The number of rotatable bonds is 5. The van der Waals surface area contributed by atoms with Gasteiger partial charge < -0.3 is 0 Å². The van der Waals surface area contributed by atoms with Crippen LogP contribution in [0.25, 0.3) is 11.4 Å². The fraction of sp³-hybridized carbons (Fsp3) is 0.353. The van der Waals surface area contributed by atoms with Crippen molar-refractivity contribution in [1.82, 2.24) is 14.8 Å². The molecule has 1 aromatic heterocycles. The zero-order chi connectivity index (χ0) is 17.1. The van der Waals surface area contributed by atoms with Crippen molar-refractivity contribution in [2.45, 2.75) is 42.6 Å². The molecule has 1 fully saturated rings. The SMILES string of the molecule is C=CCn1c(S[C@H]2CCCCC2=O)nnc1-c1ccc(Cl)cc1Cl. The molecule has 0 unspecified atom stereocenters. The molecule has 4 nitrogen and oxygen atoms in total. The smallest absolute Gasteiger partial charge is 0.192 e. The number of hydrogen-bond acceptors (Lipinski definition) is 4. The molecule has 126 valence electrons. The molecule has 1 aromatic carbocycles. The number of hydrogen-bond donors (Lipinski definition) is 0. The van der Waals surface area contributed by atoms with Crippen molar-refractivity contribution < 1.29 is 4.79 Å². The largest absolute Gasteiger partial charge is 0.298 e. The number of thioether (sulfide) groups is 1. The van der Waals surface area contributed by atoms with E-state index >= 15 is 0 Å². The summed E-state index contributed by atoms with van der Waals surface area (Å²) >= 11 is 13.8. The van der Waals surface area contributed by atoms with Gasteiger partial charge in [-0.15, -0.1) is 16.8 Å². The highest BCUT2D eigenvalue weighted by atomic mass is 35.5. The Hall–Kier alpha value is -1.30. The topological polar surface area (TPSA) is 47.8 Å². The number of Topliss-reactive ketones (excluding diaryl/α,β-unsaturated/α-hetero) is 1. The number of aromatic nitrogens is 3. The average molecular weight is 382 g/mol. The van der Waals surface area contributed by atoms with Crippen LogP contribution in [0.15, 0.2) is 36.0 Å². The lowest BCUT2D eigenvalue weighted by molar-refractivity contribution is -0.119. The van der Waals surface area contributed by atoms with E-state index in [0.717, 1.165) is 30.0 Å². The third-order valence-corrected chi connectivity index (χ3v) is 5.79. The van der Waals surface area contributed by atoms with Crippen LogP contribution in [0.3, 0.4) is 0 Å². The van der Waals surface area contributed by atoms with Crippen molar-refractivity contribution in [3.05, 3.63) is 40.9 Å². The normalized spacial score (nSPS) is 17.9. The van der Waals surface area contributed by atoms with Crippen molar-refractivity contribution in [3.8, 4) is 11.4 Å². The summed E-state index contributed by atoms with van der Waals surface area (Å²) in [5.41, 5.74) is 0.761. The monoisotopic (exact) mass is 381 g/mol. The van der Waals surface area contributed by atoms with Gasteiger partial charge in [-0.25, -0.2) is 0 Å². The summed E-state index contributed by atoms with van der Waals surface area (Å²) in [5.74, 6) is 0.952. The van der Waals surface area contributed by atoms with E-state index in [1.807, 2.05) is 10.6 Å². The lowest BCUT2D eigenvalue weighted by atomic mass is 9.99. The standard InChI is InChI=1S/C17H17Cl2N3OS/c1-2-9-22-16(12-8-7-11(18)10-13(12)19)20-21-17(22)24-15-6-4-3-5-14(15)23/h2,7-8,10,15H,1,3-6,9H2/t15-/m0/s1. The van der Waals surface area contributed by atoms with Gasteiger partial charge in [0.25, 0.3) is 0 Å². The van der Waals surface area contributed by atoms with Gasteiger partial charge in [-0.3, -0.25) is 9.36 Å². The summed E-state index contributed by atoms with van der Waals surface area (Å²) in [6.07, 6.45) is 5.39. The highest BCUT2D eigenvalue weighted by molar-refractivity contribution is 8.00. The Morgan fingerprint density at radius 2 is 2.17 bits per heavy atom. The third-order valence-electron chi connectivity index (χ3n) is 3.95. The second-order valence-electron chi connectivity index (χ2n) is 5.65. The molecule has 2 aromatic rings. The van der Waals surface area contributed by atoms with E-state index in [1.165, 1.54) is 11.8 Å². The number of nitrogens with zero attached hydrogens (tertiary/aromatic N) is 3. The molecule has 1 saturated carbocycles. The van der Waals surface area contributed by atoms with Crippen LogP contribution < -0.4 is 0 Å². The molecule has 1 heterocycles. The van der Waals surface area contributed by atoms with Gasteiger partial charge in [-0.1, -0.05) is 47.5 Å². The molecule has 1 aliphatic carbocycles. The molecule has 24 heavy (non-hydrogen) atoms. The van der Waals surface area contributed by atoms with Crippen molar-refractivity contribution in [1.29, 1.82) is 0 Å². The van der Waals surface area contributed by atoms with Crippen LogP contribution >= 0.6 is 35.0 Å².